The SMILES string of the molecule is CCC1O[C@@H](O[C@H]2C(CC)O[C@@H](O[C@H]3C(C)C(C)[C@@H](C)O[C@@H]3CC)C(C)[C@H]2C)C(C)[C@@H](C)[C@H]1O. The lowest BCUT2D eigenvalue weighted by molar-refractivity contribution is -0.342. The predicted molar refractivity (Wildman–Crippen MR) is 133 cm³/mol. The van der Waals surface area contributed by atoms with Crippen molar-refractivity contribution in [1.82, 2.24) is 0 Å². The molecule has 0 bridgehead atoms. The third kappa shape index (κ3) is 5.52. The van der Waals surface area contributed by atoms with Crippen LogP contribution in [0.2, 0.25) is 0 Å². The Morgan fingerprint density at radius 2 is 0.941 bits per heavy atom. The summed E-state index contributed by atoms with van der Waals surface area (Å²) in [6, 6.07) is 0. The quantitative estimate of drug-likeness (QED) is 0.522. The molecule has 6 nitrogen and oxygen atoms in total. The van der Waals surface area contributed by atoms with E-state index in [4.69, 9.17) is 23.7 Å². The highest BCUT2D eigenvalue weighted by Crippen LogP contribution is 2.41. The lowest BCUT2D eigenvalue weighted by Gasteiger charge is -2.50. The smallest absolute Gasteiger partial charge is 0.161 e. The highest BCUT2D eigenvalue weighted by molar-refractivity contribution is 4.92. The van der Waals surface area contributed by atoms with Crippen molar-refractivity contribution in [2.24, 2.45) is 35.5 Å². The Kier molecular flexibility index (Phi) is 9.89. The predicted octanol–water partition coefficient (Wildman–Crippen LogP) is 5.40. The van der Waals surface area contributed by atoms with Gasteiger partial charge in [0.25, 0.3) is 0 Å². The summed E-state index contributed by atoms with van der Waals surface area (Å²) in [7, 11) is 0. The van der Waals surface area contributed by atoms with Gasteiger partial charge in [0.15, 0.2) is 12.6 Å². The third-order valence-electron chi connectivity index (χ3n) is 9.57. The zero-order valence-electron chi connectivity index (χ0n) is 23.3. The van der Waals surface area contributed by atoms with E-state index in [1.165, 1.54) is 0 Å². The molecule has 0 aromatic carbocycles. The van der Waals surface area contributed by atoms with Crippen molar-refractivity contribution in [3.05, 3.63) is 0 Å². The molecule has 0 radical (unpaired) electrons. The van der Waals surface area contributed by atoms with E-state index in [1.807, 2.05) is 0 Å². The fourth-order valence-corrected chi connectivity index (χ4v) is 6.12. The third-order valence-corrected chi connectivity index (χ3v) is 9.57. The fraction of sp³-hybridized carbons (Fsp3) is 1.00. The van der Waals surface area contributed by atoms with Crippen LogP contribution in [-0.4, -0.2) is 60.4 Å². The number of aliphatic hydroxyl groups excluding tert-OH is 1. The zero-order valence-corrected chi connectivity index (χ0v) is 23.3. The van der Waals surface area contributed by atoms with E-state index in [1.54, 1.807) is 0 Å². The van der Waals surface area contributed by atoms with E-state index in [0.717, 1.165) is 19.3 Å². The van der Waals surface area contributed by atoms with E-state index >= 15 is 0 Å². The monoisotopic (exact) mass is 484 g/mol. The molecule has 3 fully saturated rings. The Labute approximate surface area is 208 Å². The van der Waals surface area contributed by atoms with Crippen molar-refractivity contribution in [1.29, 1.82) is 0 Å². The maximum atomic E-state index is 10.6. The minimum Gasteiger partial charge on any atom is -0.390 e. The second-order valence-corrected chi connectivity index (χ2v) is 11.5. The number of ether oxygens (including phenoxy) is 5. The molecule has 6 heteroatoms. The van der Waals surface area contributed by atoms with E-state index in [2.05, 4.69) is 69.2 Å². The van der Waals surface area contributed by atoms with Gasteiger partial charge in [-0.25, -0.2) is 0 Å². The average molecular weight is 485 g/mol. The summed E-state index contributed by atoms with van der Waals surface area (Å²) in [4.78, 5) is 0. The van der Waals surface area contributed by atoms with E-state index in [9.17, 15) is 5.11 Å². The van der Waals surface area contributed by atoms with Crippen molar-refractivity contribution in [2.45, 2.75) is 144 Å². The van der Waals surface area contributed by atoms with E-state index in [0.29, 0.717) is 11.8 Å². The average Bonchev–Trinajstić information content (AvgIpc) is 2.83. The van der Waals surface area contributed by atoms with Gasteiger partial charge >= 0.3 is 0 Å². The second kappa shape index (κ2) is 11.9. The minimum atomic E-state index is -0.449. The number of rotatable bonds is 7. The minimum absolute atomic E-state index is 0.0279. The molecular formula is C28H52O6. The zero-order chi connectivity index (χ0) is 25.3. The van der Waals surface area contributed by atoms with Crippen LogP contribution in [0.15, 0.2) is 0 Å². The van der Waals surface area contributed by atoms with Crippen LogP contribution in [0.5, 0.6) is 0 Å². The molecule has 3 aliphatic heterocycles. The molecule has 3 aliphatic rings. The van der Waals surface area contributed by atoms with Gasteiger partial charge in [0.1, 0.15) is 0 Å². The molecule has 34 heavy (non-hydrogen) atoms. The molecule has 0 aromatic rings. The molecule has 3 heterocycles. The Morgan fingerprint density at radius 3 is 1.44 bits per heavy atom. The Hall–Kier alpha value is -0.240. The number of hydrogen-bond donors (Lipinski definition) is 1. The molecule has 0 amide bonds. The molecule has 0 spiro atoms. The summed E-state index contributed by atoms with van der Waals surface area (Å²) in [6.45, 7) is 21.8. The first-order chi connectivity index (χ1) is 16.0. The first-order valence-electron chi connectivity index (χ1n) is 14.0. The van der Waals surface area contributed by atoms with Gasteiger partial charge in [-0.05, 0) is 49.9 Å². The van der Waals surface area contributed by atoms with Crippen molar-refractivity contribution < 1.29 is 28.8 Å². The van der Waals surface area contributed by atoms with E-state index in [-0.39, 0.29) is 72.9 Å². The van der Waals surface area contributed by atoms with Crippen LogP contribution in [0.3, 0.4) is 0 Å². The summed E-state index contributed by atoms with van der Waals surface area (Å²) in [6.07, 6.45) is 1.53. The van der Waals surface area contributed by atoms with Crippen LogP contribution in [-0.2, 0) is 23.7 Å². The Morgan fingerprint density at radius 1 is 0.529 bits per heavy atom. The van der Waals surface area contributed by atoms with Crippen molar-refractivity contribution in [3.8, 4) is 0 Å². The largest absolute Gasteiger partial charge is 0.390 e. The van der Waals surface area contributed by atoms with Gasteiger partial charge in [-0.15, -0.1) is 0 Å². The lowest BCUT2D eigenvalue weighted by Crippen LogP contribution is -2.58. The summed E-state index contributed by atoms with van der Waals surface area (Å²) in [5, 5.41) is 10.6. The van der Waals surface area contributed by atoms with Crippen LogP contribution in [0.1, 0.15) is 88.5 Å². The van der Waals surface area contributed by atoms with Gasteiger partial charge in [0, 0.05) is 11.8 Å². The van der Waals surface area contributed by atoms with Crippen LogP contribution in [0.25, 0.3) is 0 Å². The molecule has 0 saturated carbocycles. The van der Waals surface area contributed by atoms with Gasteiger partial charge in [0.2, 0.25) is 0 Å². The Bertz CT molecular complexity index is 624. The summed E-state index contributed by atoms with van der Waals surface area (Å²) in [5.74, 6) is 1.51. The topological polar surface area (TPSA) is 66.4 Å². The van der Waals surface area contributed by atoms with E-state index < -0.39 is 6.10 Å². The number of hydrogen-bond acceptors (Lipinski definition) is 6. The molecule has 3 rings (SSSR count). The molecule has 6 unspecified atom stereocenters. The van der Waals surface area contributed by atoms with Crippen LogP contribution in [0.4, 0.5) is 0 Å². The molecule has 200 valence electrons. The fourth-order valence-electron chi connectivity index (χ4n) is 6.12. The molecule has 1 N–H and O–H groups in total. The molecule has 15 atom stereocenters. The van der Waals surface area contributed by atoms with Gasteiger partial charge in [-0.3, -0.25) is 0 Å². The Balaban J connectivity index is 1.72. The summed E-state index contributed by atoms with van der Waals surface area (Å²) in [5.41, 5.74) is 0. The first kappa shape index (κ1) is 28.3. The standard InChI is InChI=1S/C28H52O6/c1-11-21-24(29)15(5)18(8)27(31-21)34-26-17(7)19(9)28(32-23(26)13-3)33-25-16(6)14(4)20(10)30-22(25)12-2/h14-29H,11-13H2,1-10H3/t14?,15-,16?,17-,18?,19?,20-,21?,22-,23?,24-,25+,26-,27+,28+/m1/s1. The van der Waals surface area contributed by atoms with Crippen LogP contribution >= 0.6 is 0 Å². The molecule has 0 aliphatic carbocycles. The normalized spacial score (nSPS) is 52.5. The molecule has 3 saturated heterocycles. The maximum absolute atomic E-state index is 10.6. The van der Waals surface area contributed by atoms with Gasteiger partial charge in [-0.2, -0.15) is 0 Å². The summed E-state index contributed by atoms with van der Waals surface area (Å²) < 4.78 is 32.6. The second-order valence-electron chi connectivity index (χ2n) is 11.5. The van der Waals surface area contributed by atoms with Crippen LogP contribution < -0.4 is 0 Å². The highest BCUT2D eigenvalue weighted by Gasteiger charge is 2.49. The maximum Gasteiger partial charge on any atom is 0.161 e. The lowest BCUT2D eigenvalue weighted by atomic mass is 9.80. The van der Waals surface area contributed by atoms with Crippen LogP contribution in [0, 0.1) is 35.5 Å². The molecular weight excluding hydrogens is 432 g/mol. The molecule has 0 aromatic heterocycles. The van der Waals surface area contributed by atoms with Crippen molar-refractivity contribution in [3.63, 3.8) is 0 Å². The summed E-state index contributed by atoms with van der Waals surface area (Å²) >= 11 is 0. The van der Waals surface area contributed by atoms with Gasteiger partial charge in [-0.1, -0.05) is 62.3 Å². The van der Waals surface area contributed by atoms with Gasteiger partial charge in [0.05, 0.1) is 42.7 Å². The van der Waals surface area contributed by atoms with Gasteiger partial charge < -0.3 is 28.8 Å². The highest BCUT2D eigenvalue weighted by atomic mass is 16.7. The first-order valence-corrected chi connectivity index (χ1v) is 14.0. The van der Waals surface area contributed by atoms with Crippen molar-refractivity contribution in [2.75, 3.05) is 0 Å². The van der Waals surface area contributed by atoms with Crippen molar-refractivity contribution >= 4 is 0 Å². The number of aliphatic hydroxyl groups is 1.